The molecule has 38 heavy (non-hydrogen) atoms. The average molecular weight is 526 g/mol. The first kappa shape index (κ1) is 28.2. The molecule has 1 N–H and O–H groups in total. The van der Waals surface area contributed by atoms with Crippen molar-refractivity contribution in [2.45, 2.75) is 138 Å². The molecule has 7 unspecified atom stereocenters. The molecule has 5 fully saturated rings. The summed E-state index contributed by atoms with van der Waals surface area (Å²) in [5.41, 5.74) is 1.07. The Morgan fingerprint density at radius 1 is 0.895 bits per heavy atom. The second kappa shape index (κ2) is 8.59. The van der Waals surface area contributed by atoms with Crippen LogP contribution in [0, 0.1) is 51.2 Å². The lowest BCUT2D eigenvalue weighted by atomic mass is 9.32. The van der Waals surface area contributed by atoms with Crippen molar-refractivity contribution in [2.75, 3.05) is 0 Å². The van der Waals surface area contributed by atoms with Crippen LogP contribution in [0.5, 0.6) is 0 Å². The molecule has 5 aliphatic carbocycles. The molecule has 4 heteroatoms. The molecule has 4 nitrogen and oxygen atoms in total. The quantitative estimate of drug-likeness (QED) is 0.368. The van der Waals surface area contributed by atoms with Crippen molar-refractivity contribution in [1.29, 1.82) is 0 Å². The van der Waals surface area contributed by atoms with Gasteiger partial charge in [0.2, 0.25) is 0 Å². The monoisotopic (exact) mass is 525 g/mol. The fourth-order valence-electron chi connectivity index (χ4n) is 11.7. The fraction of sp³-hybridized carbons (Fsp3) is 0.882. The van der Waals surface area contributed by atoms with Gasteiger partial charge in [-0.2, -0.15) is 0 Å². The molecule has 0 heterocycles. The van der Waals surface area contributed by atoms with Crippen LogP contribution >= 0.6 is 0 Å². The van der Waals surface area contributed by atoms with Gasteiger partial charge in [-0.3, -0.25) is 4.79 Å². The Morgan fingerprint density at radius 2 is 1.58 bits per heavy atom. The van der Waals surface area contributed by atoms with Crippen molar-refractivity contribution < 1.29 is 14.3 Å². The van der Waals surface area contributed by atoms with Crippen LogP contribution in [-0.4, -0.2) is 23.0 Å². The van der Waals surface area contributed by atoms with Gasteiger partial charge in [-0.05, 0) is 131 Å². The number of hydrogen-bond acceptors (Lipinski definition) is 3. The van der Waals surface area contributed by atoms with Crippen molar-refractivity contribution >= 4 is 11.9 Å². The standard InChI is InChI=1S/C34H55NO3/c1-21(2)22-13-18-34(35-28(37)38-29(3,4)5)20-19-32(9)23(27(22)34)11-12-25-31(8)16-15-26(36)30(6,7)24(31)14-17-33(25,32)10/h22-25,27H,1,11-20H2,2-10H3,(H,35,37)/t22-,23?,24?,25?,27?,31?,32+,33?,34?/m0/s1. The highest BCUT2D eigenvalue weighted by atomic mass is 16.6. The van der Waals surface area contributed by atoms with E-state index in [1.165, 1.54) is 31.3 Å². The lowest BCUT2D eigenvalue weighted by Crippen LogP contribution is -2.69. The second-order valence-corrected chi connectivity index (χ2v) is 16.6. The summed E-state index contributed by atoms with van der Waals surface area (Å²) in [6.07, 6.45) is 10.7. The van der Waals surface area contributed by atoms with E-state index in [1.807, 2.05) is 20.8 Å². The Balaban J connectivity index is 1.51. The zero-order valence-electron chi connectivity index (χ0n) is 25.9. The first-order valence-electron chi connectivity index (χ1n) is 15.6. The van der Waals surface area contributed by atoms with Crippen molar-refractivity contribution in [2.24, 2.45) is 51.2 Å². The number of hydrogen-bond donors (Lipinski definition) is 1. The lowest BCUT2D eigenvalue weighted by Gasteiger charge is -2.72. The maximum atomic E-state index is 13.2. The van der Waals surface area contributed by atoms with Gasteiger partial charge >= 0.3 is 6.09 Å². The normalized spacial score (nSPS) is 47.7. The summed E-state index contributed by atoms with van der Waals surface area (Å²) in [5, 5.41) is 3.50. The Kier molecular flexibility index (Phi) is 6.38. The minimum absolute atomic E-state index is 0.195. The van der Waals surface area contributed by atoms with Crippen LogP contribution in [0.25, 0.3) is 0 Å². The Morgan fingerprint density at radius 3 is 2.21 bits per heavy atom. The molecule has 0 bridgehead atoms. The smallest absolute Gasteiger partial charge is 0.408 e. The molecule has 0 radical (unpaired) electrons. The maximum Gasteiger partial charge on any atom is 0.408 e. The molecule has 1 amide bonds. The van der Waals surface area contributed by atoms with Crippen LogP contribution < -0.4 is 5.32 Å². The van der Waals surface area contributed by atoms with Crippen LogP contribution in [0.15, 0.2) is 12.2 Å². The number of fused-ring (bicyclic) bond motifs is 7. The van der Waals surface area contributed by atoms with Crippen LogP contribution in [0.3, 0.4) is 0 Å². The largest absolute Gasteiger partial charge is 0.444 e. The second-order valence-electron chi connectivity index (χ2n) is 16.6. The van der Waals surface area contributed by atoms with E-state index >= 15 is 0 Å². The van der Waals surface area contributed by atoms with E-state index in [0.29, 0.717) is 35.4 Å². The van der Waals surface area contributed by atoms with Crippen LogP contribution in [0.4, 0.5) is 4.79 Å². The topological polar surface area (TPSA) is 55.4 Å². The van der Waals surface area contributed by atoms with Crippen LogP contribution in [0.1, 0.15) is 127 Å². The first-order chi connectivity index (χ1) is 17.4. The summed E-state index contributed by atoms with van der Waals surface area (Å²) < 4.78 is 5.81. The van der Waals surface area contributed by atoms with Gasteiger partial charge in [0.1, 0.15) is 11.4 Å². The van der Waals surface area contributed by atoms with E-state index in [-0.39, 0.29) is 33.3 Å². The van der Waals surface area contributed by atoms with Gasteiger partial charge < -0.3 is 10.1 Å². The van der Waals surface area contributed by atoms with Gasteiger partial charge in [-0.15, -0.1) is 0 Å². The van der Waals surface area contributed by atoms with Crippen molar-refractivity contribution in [3.05, 3.63) is 12.2 Å². The fourth-order valence-corrected chi connectivity index (χ4v) is 11.7. The van der Waals surface area contributed by atoms with Crippen molar-refractivity contribution in [3.8, 4) is 0 Å². The molecule has 214 valence electrons. The molecule has 0 spiro atoms. The summed E-state index contributed by atoms with van der Waals surface area (Å²) in [4.78, 5) is 26.2. The lowest BCUT2D eigenvalue weighted by molar-refractivity contribution is -0.228. The first-order valence-corrected chi connectivity index (χ1v) is 15.6. The molecule has 9 atom stereocenters. The molecule has 0 aromatic heterocycles. The molecule has 0 aromatic carbocycles. The Hall–Kier alpha value is -1.32. The SMILES string of the molecule is C=C(C)[C@@H]1CCC2(NC(=O)OC(C)(C)C)CC[C@]3(C)C(CCC4C5(C)CCC(=O)C(C)(C)C5CCC43C)C12. The molecule has 5 aliphatic rings. The van der Waals surface area contributed by atoms with Gasteiger partial charge in [0.25, 0.3) is 0 Å². The predicted molar refractivity (Wildman–Crippen MR) is 154 cm³/mol. The van der Waals surface area contributed by atoms with Gasteiger partial charge in [0.05, 0.1) is 0 Å². The third kappa shape index (κ3) is 3.80. The summed E-state index contributed by atoms with van der Waals surface area (Å²) in [7, 11) is 0. The zero-order valence-corrected chi connectivity index (χ0v) is 25.9. The van der Waals surface area contributed by atoms with Gasteiger partial charge in [0, 0.05) is 17.4 Å². The molecule has 0 aromatic rings. The molecular weight excluding hydrogens is 470 g/mol. The number of nitrogens with one attached hydrogen (secondary N) is 1. The summed E-state index contributed by atoms with van der Waals surface area (Å²) in [5.74, 6) is 3.05. The molecule has 0 aliphatic heterocycles. The number of carbonyl (C=O) groups is 2. The third-order valence-electron chi connectivity index (χ3n) is 13.6. The van der Waals surface area contributed by atoms with E-state index < -0.39 is 5.60 Å². The minimum atomic E-state index is -0.499. The predicted octanol–water partition coefficient (Wildman–Crippen LogP) is 8.49. The Labute approximate surface area is 232 Å². The number of ether oxygens (including phenoxy) is 1. The van der Waals surface area contributed by atoms with E-state index in [9.17, 15) is 9.59 Å². The third-order valence-corrected chi connectivity index (χ3v) is 13.6. The number of allylic oxidation sites excluding steroid dienone is 1. The van der Waals surface area contributed by atoms with Crippen molar-refractivity contribution in [3.63, 3.8) is 0 Å². The summed E-state index contributed by atoms with van der Waals surface area (Å²) in [6, 6.07) is 0. The number of carbonyl (C=O) groups excluding carboxylic acids is 2. The number of Topliss-reactive ketones (excluding diaryl/α,β-unsaturated/α-hetero) is 1. The minimum Gasteiger partial charge on any atom is -0.444 e. The van der Waals surface area contributed by atoms with E-state index in [2.05, 4.69) is 53.4 Å². The van der Waals surface area contributed by atoms with Gasteiger partial charge in [0.15, 0.2) is 0 Å². The summed E-state index contributed by atoms with van der Waals surface area (Å²) >= 11 is 0. The number of ketones is 1. The van der Waals surface area contributed by atoms with Gasteiger partial charge in [-0.25, -0.2) is 4.79 Å². The number of rotatable bonds is 2. The maximum absolute atomic E-state index is 13.2. The highest BCUT2D eigenvalue weighted by molar-refractivity contribution is 5.85. The highest BCUT2D eigenvalue weighted by Gasteiger charge is 2.71. The number of amides is 1. The Bertz CT molecular complexity index is 1020. The molecule has 0 saturated heterocycles. The van der Waals surface area contributed by atoms with E-state index in [4.69, 9.17) is 4.74 Å². The highest BCUT2D eigenvalue weighted by Crippen LogP contribution is 2.76. The number of alkyl carbamates (subject to hydrolysis) is 1. The van der Waals surface area contributed by atoms with E-state index in [1.54, 1.807) is 0 Å². The molecule has 5 saturated carbocycles. The van der Waals surface area contributed by atoms with Gasteiger partial charge in [-0.1, -0.05) is 46.8 Å². The van der Waals surface area contributed by atoms with E-state index in [0.717, 1.165) is 38.5 Å². The molecule has 5 rings (SSSR count). The van der Waals surface area contributed by atoms with Crippen LogP contribution in [-0.2, 0) is 9.53 Å². The van der Waals surface area contributed by atoms with Crippen molar-refractivity contribution in [1.82, 2.24) is 5.32 Å². The molecular formula is C34H55NO3. The average Bonchev–Trinajstić information content (AvgIpc) is 3.15. The summed E-state index contributed by atoms with van der Waals surface area (Å²) in [6.45, 7) is 24.8. The zero-order chi connectivity index (χ0) is 28.1. The van der Waals surface area contributed by atoms with Crippen LogP contribution in [0.2, 0.25) is 0 Å².